The van der Waals surface area contributed by atoms with E-state index in [1.165, 1.54) is 37.4 Å². The van der Waals surface area contributed by atoms with Crippen LogP contribution in [0, 0.1) is 17.5 Å². The van der Waals surface area contributed by atoms with Crippen molar-refractivity contribution in [3.05, 3.63) is 71.7 Å². The average Bonchev–Trinajstić information content (AvgIpc) is 2.70. The summed E-state index contributed by atoms with van der Waals surface area (Å²) >= 11 is 0. The van der Waals surface area contributed by atoms with Crippen LogP contribution in [0.25, 0.3) is 0 Å². The summed E-state index contributed by atoms with van der Waals surface area (Å²) in [7, 11) is 1.35. The van der Waals surface area contributed by atoms with Gasteiger partial charge in [0, 0.05) is 0 Å². The summed E-state index contributed by atoms with van der Waals surface area (Å²) < 4.78 is 51.3. The summed E-state index contributed by atoms with van der Waals surface area (Å²) in [6.45, 7) is -0.104. The fraction of sp³-hybridized carbons (Fsp3) is 0.105. The SMILES string of the molecule is COc1ccc(COc2ncc(F)c(NC(=O)Nc3ccccc3F)n2)cc1F. The molecular formula is C19H15F3N4O3. The lowest BCUT2D eigenvalue weighted by molar-refractivity contribution is 0.261. The first-order valence-corrected chi connectivity index (χ1v) is 8.26. The Labute approximate surface area is 163 Å². The van der Waals surface area contributed by atoms with Crippen LogP contribution in [0.4, 0.5) is 29.5 Å². The molecule has 0 saturated heterocycles. The maximum Gasteiger partial charge on any atom is 0.325 e. The highest BCUT2D eigenvalue weighted by molar-refractivity contribution is 5.99. The molecule has 0 aliphatic rings. The van der Waals surface area contributed by atoms with E-state index in [2.05, 4.69) is 20.6 Å². The number of urea groups is 1. The minimum atomic E-state index is -0.920. The second-order valence-electron chi connectivity index (χ2n) is 5.67. The van der Waals surface area contributed by atoms with Gasteiger partial charge in [0.2, 0.25) is 0 Å². The highest BCUT2D eigenvalue weighted by Crippen LogP contribution is 2.20. The van der Waals surface area contributed by atoms with Gasteiger partial charge in [-0.25, -0.2) is 22.9 Å². The molecule has 1 heterocycles. The third-order valence-electron chi connectivity index (χ3n) is 3.66. The van der Waals surface area contributed by atoms with Gasteiger partial charge < -0.3 is 14.8 Å². The molecule has 0 unspecified atom stereocenters. The molecule has 7 nitrogen and oxygen atoms in total. The highest BCUT2D eigenvalue weighted by atomic mass is 19.1. The standard InChI is InChI=1S/C19H15F3N4O3/c1-28-16-7-6-11(8-13(16)21)10-29-19-23-9-14(22)17(26-19)25-18(27)24-15-5-3-2-4-12(15)20/h2-9H,10H2,1H3,(H2,23,24,25,26,27). The first-order chi connectivity index (χ1) is 14.0. The molecule has 2 aromatic carbocycles. The van der Waals surface area contributed by atoms with Gasteiger partial charge in [-0.15, -0.1) is 0 Å². The van der Waals surface area contributed by atoms with Crippen molar-refractivity contribution in [3.8, 4) is 11.8 Å². The molecule has 0 bridgehead atoms. The summed E-state index contributed by atoms with van der Waals surface area (Å²) in [4.78, 5) is 19.4. The molecule has 0 aliphatic heterocycles. The van der Waals surface area contributed by atoms with Crippen LogP contribution in [0.2, 0.25) is 0 Å². The fourth-order valence-corrected chi connectivity index (χ4v) is 2.28. The normalized spacial score (nSPS) is 10.3. The number of anilines is 2. The number of halogens is 3. The number of ether oxygens (including phenoxy) is 2. The van der Waals surface area contributed by atoms with E-state index < -0.39 is 29.3 Å². The van der Waals surface area contributed by atoms with Crippen LogP contribution in [0.1, 0.15) is 5.56 Å². The lowest BCUT2D eigenvalue weighted by Gasteiger charge is -2.10. The van der Waals surface area contributed by atoms with E-state index in [4.69, 9.17) is 9.47 Å². The third kappa shape index (κ3) is 5.12. The van der Waals surface area contributed by atoms with Gasteiger partial charge in [0.25, 0.3) is 0 Å². The van der Waals surface area contributed by atoms with Crippen molar-refractivity contribution in [1.29, 1.82) is 0 Å². The molecule has 0 saturated carbocycles. The number of para-hydroxylation sites is 1. The smallest absolute Gasteiger partial charge is 0.325 e. The number of carbonyl (C=O) groups is 1. The summed E-state index contributed by atoms with van der Waals surface area (Å²) in [5.41, 5.74) is 0.375. The summed E-state index contributed by atoms with van der Waals surface area (Å²) in [6, 6.07) is 8.55. The predicted octanol–water partition coefficient (Wildman–Crippen LogP) is 4.13. The van der Waals surface area contributed by atoms with E-state index in [0.717, 1.165) is 12.3 Å². The van der Waals surface area contributed by atoms with E-state index in [1.807, 2.05) is 0 Å². The minimum Gasteiger partial charge on any atom is -0.494 e. The zero-order valence-electron chi connectivity index (χ0n) is 15.1. The second-order valence-corrected chi connectivity index (χ2v) is 5.67. The number of hydrogen-bond acceptors (Lipinski definition) is 5. The Morgan fingerprint density at radius 3 is 2.55 bits per heavy atom. The molecule has 0 radical (unpaired) electrons. The summed E-state index contributed by atoms with van der Waals surface area (Å²) in [5.74, 6) is -2.53. The van der Waals surface area contributed by atoms with E-state index in [0.29, 0.717) is 5.56 Å². The third-order valence-corrected chi connectivity index (χ3v) is 3.66. The van der Waals surface area contributed by atoms with Crippen molar-refractivity contribution >= 4 is 17.5 Å². The van der Waals surface area contributed by atoms with Crippen molar-refractivity contribution < 1.29 is 27.4 Å². The quantitative estimate of drug-likeness (QED) is 0.646. The van der Waals surface area contributed by atoms with Crippen molar-refractivity contribution in [3.63, 3.8) is 0 Å². The fourth-order valence-electron chi connectivity index (χ4n) is 2.28. The Morgan fingerprint density at radius 1 is 1.03 bits per heavy atom. The van der Waals surface area contributed by atoms with E-state index >= 15 is 0 Å². The van der Waals surface area contributed by atoms with Crippen molar-refractivity contribution in [2.75, 3.05) is 17.7 Å². The molecule has 3 aromatic rings. The second kappa shape index (κ2) is 8.91. The van der Waals surface area contributed by atoms with E-state index in [1.54, 1.807) is 6.07 Å². The molecule has 0 aliphatic carbocycles. The number of rotatable bonds is 6. The van der Waals surface area contributed by atoms with Crippen LogP contribution in [-0.2, 0) is 6.61 Å². The van der Waals surface area contributed by atoms with Gasteiger partial charge in [-0.1, -0.05) is 18.2 Å². The number of aromatic nitrogens is 2. The van der Waals surface area contributed by atoms with Crippen molar-refractivity contribution in [2.24, 2.45) is 0 Å². The van der Waals surface area contributed by atoms with E-state index in [-0.39, 0.29) is 24.1 Å². The first-order valence-electron chi connectivity index (χ1n) is 8.26. The highest BCUT2D eigenvalue weighted by Gasteiger charge is 2.13. The Balaban J connectivity index is 1.65. The summed E-state index contributed by atoms with van der Waals surface area (Å²) in [5, 5.41) is 4.38. The van der Waals surface area contributed by atoms with Gasteiger partial charge in [-0.2, -0.15) is 4.98 Å². The molecule has 3 rings (SSSR count). The average molecular weight is 404 g/mol. The number of methoxy groups -OCH3 is 1. The van der Waals surface area contributed by atoms with Gasteiger partial charge in [0.1, 0.15) is 12.4 Å². The van der Waals surface area contributed by atoms with Crippen LogP contribution in [-0.4, -0.2) is 23.1 Å². The van der Waals surface area contributed by atoms with Gasteiger partial charge in [0.05, 0.1) is 19.0 Å². The van der Waals surface area contributed by atoms with E-state index in [9.17, 15) is 18.0 Å². The van der Waals surface area contributed by atoms with Crippen LogP contribution in [0.3, 0.4) is 0 Å². The zero-order chi connectivity index (χ0) is 20.8. The van der Waals surface area contributed by atoms with Crippen LogP contribution >= 0.6 is 0 Å². The van der Waals surface area contributed by atoms with Gasteiger partial charge in [0.15, 0.2) is 23.2 Å². The molecule has 150 valence electrons. The van der Waals surface area contributed by atoms with Crippen LogP contribution < -0.4 is 20.1 Å². The number of nitrogens with one attached hydrogen (secondary N) is 2. The molecule has 2 N–H and O–H groups in total. The number of benzene rings is 2. The molecule has 0 fully saturated rings. The monoisotopic (exact) mass is 404 g/mol. The molecular weight excluding hydrogens is 389 g/mol. The number of carbonyl (C=O) groups excluding carboxylic acids is 1. The zero-order valence-corrected chi connectivity index (χ0v) is 15.1. The Bertz CT molecular complexity index is 1030. The maximum atomic E-state index is 13.9. The van der Waals surface area contributed by atoms with Gasteiger partial charge in [-0.05, 0) is 29.8 Å². The minimum absolute atomic E-state index is 0.0825. The molecule has 0 atom stereocenters. The van der Waals surface area contributed by atoms with Crippen LogP contribution in [0.5, 0.6) is 11.8 Å². The van der Waals surface area contributed by atoms with Gasteiger partial charge in [-0.3, -0.25) is 5.32 Å². The van der Waals surface area contributed by atoms with Crippen molar-refractivity contribution in [1.82, 2.24) is 9.97 Å². The topological polar surface area (TPSA) is 85.4 Å². The Kier molecular flexibility index (Phi) is 6.12. The van der Waals surface area contributed by atoms with Crippen molar-refractivity contribution in [2.45, 2.75) is 6.61 Å². The molecule has 0 spiro atoms. The maximum absolute atomic E-state index is 13.9. The first kappa shape index (κ1) is 19.9. The lowest BCUT2D eigenvalue weighted by atomic mass is 10.2. The molecule has 10 heteroatoms. The Hall–Kier alpha value is -3.82. The van der Waals surface area contributed by atoms with Crippen LogP contribution in [0.15, 0.2) is 48.7 Å². The Morgan fingerprint density at radius 2 is 1.83 bits per heavy atom. The molecule has 29 heavy (non-hydrogen) atoms. The molecule has 2 amide bonds. The lowest BCUT2D eigenvalue weighted by Crippen LogP contribution is -2.21. The summed E-state index contributed by atoms with van der Waals surface area (Å²) in [6.07, 6.45) is 0.801. The number of nitrogens with zero attached hydrogens (tertiary/aromatic N) is 2. The number of hydrogen-bond donors (Lipinski definition) is 2. The number of amides is 2. The largest absolute Gasteiger partial charge is 0.494 e. The predicted molar refractivity (Wildman–Crippen MR) is 98.3 cm³/mol. The molecule has 1 aromatic heterocycles. The van der Waals surface area contributed by atoms with Gasteiger partial charge >= 0.3 is 12.0 Å².